The quantitative estimate of drug-likeness (QED) is 0.557. The molecule has 32 heavy (non-hydrogen) atoms. The summed E-state index contributed by atoms with van der Waals surface area (Å²) < 4.78 is 5.05. The Kier molecular flexibility index (Phi) is 6.90. The van der Waals surface area contributed by atoms with Gasteiger partial charge in [0.25, 0.3) is 0 Å². The minimum absolute atomic E-state index is 0.168. The van der Waals surface area contributed by atoms with Crippen molar-refractivity contribution in [3.63, 3.8) is 0 Å². The molecule has 3 aliphatic heterocycles. The molecule has 1 amide bonds. The molecule has 3 aliphatic rings. The first-order valence-corrected chi connectivity index (χ1v) is 13.5. The Morgan fingerprint density at radius 3 is 2.62 bits per heavy atom. The van der Waals surface area contributed by atoms with Gasteiger partial charge in [-0.15, -0.1) is 11.8 Å². The van der Waals surface area contributed by atoms with E-state index in [1.165, 1.54) is 25.8 Å². The number of carbonyl (C=O) groups excluding carboxylic acids is 1. The van der Waals surface area contributed by atoms with Gasteiger partial charge in [0.2, 0.25) is 0 Å². The zero-order valence-corrected chi connectivity index (χ0v) is 20.6. The molecule has 2 fully saturated rings. The fourth-order valence-corrected chi connectivity index (χ4v) is 6.50. The zero-order chi connectivity index (χ0) is 22.1. The van der Waals surface area contributed by atoms with Crippen LogP contribution in [0.1, 0.15) is 17.2 Å². The summed E-state index contributed by atoms with van der Waals surface area (Å²) in [7, 11) is 0. The molecule has 1 unspecified atom stereocenters. The van der Waals surface area contributed by atoms with Crippen molar-refractivity contribution < 1.29 is 9.53 Å². The fourth-order valence-electron chi connectivity index (χ4n) is 4.77. The number of thioether (sulfide) groups is 1. The normalized spacial score (nSPS) is 21.8. The smallest absolute Gasteiger partial charge is 0.409 e. The van der Waals surface area contributed by atoms with Crippen molar-refractivity contribution in [2.24, 2.45) is 0 Å². The molecule has 0 aromatic heterocycles. The number of hydrogen-bond acceptors (Lipinski definition) is 6. The van der Waals surface area contributed by atoms with Gasteiger partial charge in [-0.3, -0.25) is 9.80 Å². The summed E-state index contributed by atoms with van der Waals surface area (Å²) in [4.78, 5) is 22.6. The molecule has 5 rings (SSSR count). The van der Waals surface area contributed by atoms with E-state index in [-0.39, 0.29) is 6.09 Å². The Labute approximate surface area is 203 Å². The fraction of sp³-hybridized carbons (Fsp3) is 0.458. The van der Waals surface area contributed by atoms with Gasteiger partial charge < -0.3 is 9.64 Å². The number of fused-ring (bicyclic) bond motifs is 2. The first-order valence-electron chi connectivity index (χ1n) is 11.1. The van der Waals surface area contributed by atoms with Gasteiger partial charge in [0, 0.05) is 65.0 Å². The zero-order valence-electron chi connectivity index (χ0n) is 18.3. The number of hydrogen-bond donors (Lipinski definition) is 0. The van der Waals surface area contributed by atoms with E-state index in [2.05, 4.69) is 46.4 Å². The van der Waals surface area contributed by atoms with Crippen LogP contribution < -0.4 is 0 Å². The van der Waals surface area contributed by atoms with Crippen LogP contribution in [-0.4, -0.2) is 79.5 Å². The van der Waals surface area contributed by atoms with Gasteiger partial charge in [0.1, 0.15) is 6.61 Å². The maximum absolute atomic E-state index is 11.7. The lowest BCUT2D eigenvalue weighted by atomic mass is 9.96. The van der Waals surface area contributed by atoms with Crippen molar-refractivity contribution in [2.45, 2.75) is 27.1 Å². The van der Waals surface area contributed by atoms with Crippen molar-refractivity contribution in [1.82, 2.24) is 14.7 Å². The lowest BCUT2D eigenvalue weighted by molar-refractivity contribution is 0.0888. The van der Waals surface area contributed by atoms with Crippen LogP contribution in [0, 0.1) is 0 Å². The topological polar surface area (TPSA) is 36.0 Å². The molecular formula is C24H28ClN3O2S2. The standard InChI is InChI=1S/C24H28ClN3O2S2/c1-31-19-3-5-23-20(16-19)21(15-17-14-18(25)2-4-22(17)32-23)27-9-6-26(7-10-27)8-11-28-12-13-30-24(28)29/h2-5,14,16,21H,6-13,15H2,1H3. The summed E-state index contributed by atoms with van der Waals surface area (Å²) in [6.45, 7) is 7.00. The van der Waals surface area contributed by atoms with E-state index in [1.807, 2.05) is 22.7 Å². The van der Waals surface area contributed by atoms with E-state index in [0.29, 0.717) is 12.6 Å². The highest BCUT2D eigenvalue weighted by molar-refractivity contribution is 7.99. The van der Waals surface area contributed by atoms with E-state index in [1.54, 1.807) is 11.8 Å². The number of benzene rings is 2. The Hall–Kier alpha value is -1.38. The number of halogens is 1. The number of nitrogens with zero attached hydrogens (tertiary/aromatic N) is 3. The summed E-state index contributed by atoms with van der Waals surface area (Å²) in [6.07, 6.45) is 2.95. The molecule has 0 N–H and O–H groups in total. The van der Waals surface area contributed by atoms with Crippen molar-refractivity contribution in [2.75, 3.05) is 58.7 Å². The molecule has 8 heteroatoms. The van der Waals surface area contributed by atoms with Gasteiger partial charge in [-0.25, -0.2) is 4.79 Å². The average Bonchev–Trinajstić information content (AvgIpc) is 3.15. The first kappa shape index (κ1) is 22.4. The van der Waals surface area contributed by atoms with Crippen LogP contribution in [0.15, 0.2) is 51.1 Å². The van der Waals surface area contributed by atoms with E-state index in [4.69, 9.17) is 16.3 Å². The van der Waals surface area contributed by atoms with Crippen LogP contribution >= 0.6 is 35.1 Å². The molecule has 2 aromatic carbocycles. The van der Waals surface area contributed by atoms with Gasteiger partial charge in [-0.05, 0) is 60.2 Å². The second-order valence-corrected chi connectivity index (χ2v) is 10.9. The van der Waals surface area contributed by atoms with Crippen LogP contribution in [0.5, 0.6) is 0 Å². The number of amides is 1. The summed E-state index contributed by atoms with van der Waals surface area (Å²) >= 11 is 10.0. The van der Waals surface area contributed by atoms with Gasteiger partial charge in [0.05, 0.1) is 6.54 Å². The summed E-state index contributed by atoms with van der Waals surface area (Å²) in [5, 5.41) is 0.809. The maximum Gasteiger partial charge on any atom is 0.409 e. The second kappa shape index (κ2) is 9.85. The van der Waals surface area contributed by atoms with Gasteiger partial charge in [-0.1, -0.05) is 23.4 Å². The van der Waals surface area contributed by atoms with Gasteiger partial charge in [0.15, 0.2) is 0 Å². The Bertz CT molecular complexity index is 997. The molecule has 0 bridgehead atoms. The van der Waals surface area contributed by atoms with Crippen LogP contribution in [0.2, 0.25) is 5.02 Å². The largest absolute Gasteiger partial charge is 0.448 e. The molecule has 0 radical (unpaired) electrons. The highest BCUT2D eigenvalue weighted by atomic mass is 35.5. The van der Waals surface area contributed by atoms with Crippen molar-refractivity contribution in [3.8, 4) is 0 Å². The van der Waals surface area contributed by atoms with E-state index >= 15 is 0 Å². The first-order chi connectivity index (χ1) is 15.6. The number of ether oxygens (including phenoxy) is 1. The van der Waals surface area contributed by atoms with Gasteiger partial charge >= 0.3 is 6.09 Å². The summed E-state index contributed by atoms with van der Waals surface area (Å²) in [5.74, 6) is 0. The molecule has 0 spiro atoms. The van der Waals surface area contributed by atoms with E-state index in [0.717, 1.165) is 57.3 Å². The number of carbonyl (C=O) groups is 1. The lowest BCUT2D eigenvalue weighted by Gasteiger charge is -2.40. The Balaban J connectivity index is 1.32. The Morgan fingerprint density at radius 1 is 1.06 bits per heavy atom. The summed E-state index contributed by atoms with van der Waals surface area (Å²) in [6, 6.07) is 13.6. The average molecular weight is 490 g/mol. The third-order valence-corrected chi connectivity index (χ3v) is 8.78. The highest BCUT2D eigenvalue weighted by Gasteiger charge is 2.31. The number of piperazine rings is 1. The van der Waals surface area contributed by atoms with E-state index < -0.39 is 0 Å². The highest BCUT2D eigenvalue weighted by Crippen LogP contribution is 2.44. The predicted molar refractivity (Wildman–Crippen MR) is 131 cm³/mol. The predicted octanol–water partition coefficient (Wildman–Crippen LogP) is 4.88. The van der Waals surface area contributed by atoms with Gasteiger partial charge in [-0.2, -0.15) is 0 Å². The van der Waals surface area contributed by atoms with Crippen LogP contribution in [0.25, 0.3) is 0 Å². The van der Waals surface area contributed by atoms with Crippen molar-refractivity contribution in [1.29, 1.82) is 0 Å². The molecule has 2 saturated heterocycles. The molecule has 5 nitrogen and oxygen atoms in total. The van der Waals surface area contributed by atoms with Crippen LogP contribution in [-0.2, 0) is 11.2 Å². The SMILES string of the molecule is CSc1ccc2c(c1)C(N1CCN(CCN3CCOC3=O)CC1)Cc1cc(Cl)ccc1S2. The number of rotatable bonds is 5. The molecular weight excluding hydrogens is 462 g/mol. The van der Waals surface area contributed by atoms with Crippen molar-refractivity contribution in [3.05, 3.63) is 52.5 Å². The van der Waals surface area contributed by atoms with E-state index in [9.17, 15) is 4.79 Å². The van der Waals surface area contributed by atoms with Crippen LogP contribution in [0.3, 0.4) is 0 Å². The third kappa shape index (κ3) is 4.77. The number of cyclic esters (lactones) is 1. The maximum atomic E-state index is 11.7. The lowest BCUT2D eigenvalue weighted by Crippen LogP contribution is -2.49. The third-order valence-electron chi connectivity index (χ3n) is 6.61. The molecule has 0 saturated carbocycles. The molecule has 1 atom stereocenters. The molecule has 170 valence electrons. The Morgan fingerprint density at radius 2 is 1.88 bits per heavy atom. The second-order valence-electron chi connectivity index (χ2n) is 8.46. The molecule has 2 aromatic rings. The van der Waals surface area contributed by atoms with Crippen molar-refractivity contribution >= 4 is 41.2 Å². The molecule has 3 heterocycles. The minimum Gasteiger partial charge on any atom is -0.448 e. The molecule has 0 aliphatic carbocycles. The minimum atomic E-state index is -0.168. The van der Waals surface area contributed by atoms with Crippen LogP contribution in [0.4, 0.5) is 4.79 Å². The monoisotopic (exact) mass is 489 g/mol. The summed E-state index contributed by atoms with van der Waals surface area (Å²) in [5.41, 5.74) is 2.77.